The zero-order valence-corrected chi connectivity index (χ0v) is 15.9. The SMILES string of the molecule is COc1ccccc1CN/N=C/c1cc(C)n(-c2ccc(Cl)cc2)c1C. The number of methoxy groups -OCH3 is 1. The maximum Gasteiger partial charge on any atom is 0.123 e. The second kappa shape index (κ2) is 8.11. The van der Waals surface area contributed by atoms with Crippen LogP contribution in [0, 0.1) is 13.8 Å². The summed E-state index contributed by atoms with van der Waals surface area (Å²) in [4.78, 5) is 0. The lowest BCUT2D eigenvalue weighted by molar-refractivity contribution is 0.408. The van der Waals surface area contributed by atoms with E-state index in [-0.39, 0.29) is 0 Å². The van der Waals surface area contributed by atoms with Gasteiger partial charge >= 0.3 is 0 Å². The molecule has 0 fully saturated rings. The normalized spacial score (nSPS) is 11.1. The van der Waals surface area contributed by atoms with Crippen molar-refractivity contribution in [3.63, 3.8) is 0 Å². The molecule has 0 radical (unpaired) electrons. The molecule has 0 saturated carbocycles. The fraction of sp³-hybridized carbons (Fsp3) is 0.190. The third kappa shape index (κ3) is 3.92. The topological polar surface area (TPSA) is 38.5 Å². The summed E-state index contributed by atoms with van der Waals surface area (Å²) in [5, 5.41) is 5.11. The Morgan fingerprint density at radius 1 is 1.12 bits per heavy atom. The standard InChI is InChI=1S/C21H22ClN3O/c1-15-12-18(16(2)25(15)20-10-8-19(22)9-11-20)14-24-23-13-17-6-4-5-7-21(17)26-3/h4-12,14,23H,13H2,1-3H3/b24-14+. The van der Waals surface area contributed by atoms with Crippen molar-refractivity contribution in [3.8, 4) is 11.4 Å². The highest BCUT2D eigenvalue weighted by molar-refractivity contribution is 6.30. The van der Waals surface area contributed by atoms with Crippen molar-refractivity contribution < 1.29 is 4.74 Å². The smallest absolute Gasteiger partial charge is 0.123 e. The Labute approximate surface area is 159 Å². The van der Waals surface area contributed by atoms with Crippen molar-refractivity contribution in [2.45, 2.75) is 20.4 Å². The molecular weight excluding hydrogens is 346 g/mol. The summed E-state index contributed by atoms with van der Waals surface area (Å²) in [7, 11) is 1.67. The van der Waals surface area contributed by atoms with Gasteiger partial charge in [-0.05, 0) is 50.2 Å². The van der Waals surface area contributed by atoms with Crippen LogP contribution in [-0.2, 0) is 6.54 Å². The van der Waals surface area contributed by atoms with Gasteiger partial charge < -0.3 is 14.7 Å². The number of nitrogens with zero attached hydrogens (tertiary/aromatic N) is 2. The maximum absolute atomic E-state index is 5.99. The molecule has 1 heterocycles. The first kappa shape index (κ1) is 18.1. The van der Waals surface area contributed by atoms with Gasteiger partial charge in [0.15, 0.2) is 0 Å². The molecule has 3 aromatic rings. The van der Waals surface area contributed by atoms with Crippen LogP contribution in [0.3, 0.4) is 0 Å². The molecule has 134 valence electrons. The number of benzene rings is 2. The van der Waals surface area contributed by atoms with Gasteiger partial charge in [-0.1, -0.05) is 29.8 Å². The Kier molecular flexibility index (Phi) is 5.64. The second-order valence-electron chi connectivity index (χ2n) is 6.04. The lowest BCUT2D eigenvalue weighted by Gasteiger charge is -2.09. The van der Waals surface area contributed by atoms with Crippen molar-refractivity contribution in [2.24, 2.45) is 5.10 Å². The number of aryl methyl sites for hydroxylation is 1. The van der Waals surface area contributed by atoms with Crippen molar-refractivity contribution in [3.05, 3.63) is 82.1 Å². The van der Waals surface area contributed by atoms with Gasteiger partial charge in [0.2, 0.25) is 0 Å². The van der Waals surface area contributed by atoms with Crippen LogP contribution in [0.4, 0.5) is 0 Å². The number of rotatable bonds is 6. The molecule has 0 aliphatic carbocycles. The minimum Gasteiger partial charge on any atom is -0.496 e. The Morgan fingerprint density at radius 2 is 1.85 bits per heavy atom. The van der Waals surface area contributed by atoms with Crippen LogP contribution in [0.15, 0.2) is 59.7 Å². The lowest BCUT2D eigenvalue weighted by atomic mass is 10.2. The quantitative estimate of drug-likeness (QED) is 0.498. The molecular formula is C21H22ClN3O. The van der Waals surface area contributed by atoms with E-state index in [2.05, 4.69) is 35.0 Å². The molecule has 0 aliphatic rings. The monoisotopic (exact) mass is 367 g/mol. The number of hydrazone groups is 1. The van der Waals surface area contributed by atoms with Gasteiger partial charge in [0.25, 0.3) is 0 Å². The van der Waals surface area contributed by atoms with E-state index in [0.717, 1.165) is 39.0 Å². The average Bonchev–Trinajstić information content (AvgIpc) is 2.93. The van der Waals surface area contributed by atoms with Gasteiger partial charge in [-0.3, -0.25) is 0 Å². The fourth-order valence-electron chi connectivity index (χ4n) is 3.00. The fourth-order valence-corrected chi connectivity index (χ4v) is 3.13. The van der Waals surface area contributed by atoms with Crippen molar-refractivity contribution in [2.75, 3.05) is 7.11 Å². The van der Waals surface area contributed by atoms with Crippen LogP contribution in [-0.4, -0.2) is 17.9 Å². The summed E-state index contributed by atoms with van der Waals surface area (Å²) in [6.45, 7) is 4.78. The summed E-state index contributed by atoms with van der Waals surface area (Å²) in [6, 6.07) is 17.9. The minimum atomic E-state index is 0.608. The largest absolute Gasteiger partial charge is 0.496 e. The first-order valence-corrected chi connectivity index (χ1v) is 8.80. The summed E-state index contributed by atoms with van der Waals surface area (Å²) in [5.41, 5.74) is 8.60. The number of ether oxygens (including phenoxy) is 1. The van der Waals surface area contributed by atoms with Gasteiger partial charge in [0.1, 0.15) is 5.75 Å². The second-order valence-corrected chi connectivity index (χ2v) is 6.48. The molecule has 0 aliphatic heterocycles. The first-order chi connectivity index (χ1) is 12.6. The number of hydrogen-bond acceptors (Lipinski definition) is 3. The van der Waals surface area contributed by atoms with E-state index in [1.807, 2.05) is 54.7 Å². The molecule has 0 bridgehead atoms. The number of aromatic nitrogens is 1. The van der Waals surface area contributed by atoms with E-state index in [1.54, 1.807) is 7.11 Å². The Bertz CT molecular complexity index is 914. The lowest BCUT2D eigenvalue weighted by Crippen LogP contribution is -2.07. The number of nitrogens with one attached hydrogen (secondary N) is 1. The van der Waals surface area contributed by atoms with Crippen LogP contribution in [0.1, 0.15) is 22.5 Å². The number of halogens is 1. The van der Waals surface area contributed by atoms with Crippen LogP contribution in [0.5, 0.6) is 5.75 Å². The van der Waals surface area contributed by atoms with Crippen LogP contribution < -0.4 is 10.2 Å². The predicted molar refractivity (Wildman–Crippen MR) is 108 cm³/mol. The maximum atomic E-state index is 5.99. The van der Waals surface area contributed by atoms with E-state index in [1.165, 1.54) is 0 Å². The van der Waals surface area contributed by atoms with Gasteiger partial charge in [0.05, 0.1) is 19.9 Å². The minimum absolute atomic E-state index is 0.608. The van der Waals surface area contributed by atoms with E-state index in [0.29, 0.717) is 6.54 Å². The van der Waals surface area contributed by atoms with Crippen molar-refractivity contribution in [1.29, 1.82) is 0 Å². The highest BCUT2D eigenvalue weighted by Crippen LogP contribution is 2.21. The zero-order chi connectivity index (χ0) is 18.5. The molecule has 0 spiro atoms. The van der Waals surface area contributed by atoms with E-state index in [4.69, 9.17) is 16.3 Å². The summed E-state index contributed by atoms with van der Waals surface area (Å²) < 4.78 is 7.54. The molecule has 0 atom stereocenters. The number of para-hydroxylation sites is 1. The third-order valence-corrected chi connectivity index (χ3v) is 4.56. The molecule has 3 rings (SSSR count). The number of hydrogen-bond donors (Lipinski definition) is 1. The van der Waals surface area contributed by atoms with Crippen LogP contribution in [0.25, 0.3) is 5.69 Å². The van der Waals surface area contributed by atoms with E-state index >= 15 is 0 Å². The Balaban J connectivity index is 1.73. The van der Waals surface area contributed by atoms with Crippen molar-refractivity contribution in [1.82, 2.24) is 9.99 Å². The van der Waals surface area contributed by atoms with Gasteiger partial charge in [-0.15, -0.1) is 0 Å². The first-order valence-electron chi connectivity index (χ1n) is 8.43. The molecule has 0 saturated heterocycles. The van der Waals surface area contributed by atoms with E-state index < -0.39 is 0 Å². The van der Waals surface area contributed by atoms with Gasteiger partial charge in [-0.2, -0.15) is 5.10 Å². The van der Waals surface area contributed by atoms with Crippen LogP contribution >= 0.6 is 11.6 Å². The summed E-state index contributed by atoms with van der Waals surface area (Å²) in [6.07, 6.45) is 1.85. The summed E-state index contributed by atoms with van der Waals surface area (Å²) >= 11 is 5.99. The molecule has 5 heteroatoms. The molecule has 0 amide bonds. The highest BCUT2D eigenvalue weighted by atomic mass is 35.5. The molecule has 1 N–H and O–H groups in total. The Hall–Kier alpha value is -2.72. The van der Waals surface area contributed by atoms with Crippen molar-refractivity contribution >= 4 is 17.8 Å². The molecule has 1 aromatic heterocycles. The third-order valence-electron chi connectivity index (χ3n) is 4.31. The predicted octanol–water partition coefficient (Wildman–Crippen LogP) is 4.88. The Morgan fingerprint density at radius 3 is 2.58 bits per heavy atom. The highest BCUT2D eigenvalue weighted by Gasteiger charge is 2.09. The van der Waals surface area contributed by atoms with E-state index in [9.17, 15) is 0 Å². The summed E-state index contributed by atoms with van der Waals surface area (Å²) in [5.74, 6) is 0.858. The van der Waals surface area contributed by atoms with Gasteiger partial charge in [-0.25, -0.2) is 0 Å². The average molecular weight is 368 g/mol. The molecule has 2 aromatic carbocycles. The van der Waals surface area contributed by atoms with Crippen LogP contribution in [0.2, 0.25) is 5.02 Å². The molecule has 26 heavy (non-hydrogen) atoms. The molecule has 0 unspecified atom stereocenters. The zero-order valence-electron chi connectivity index (χ0n) is 15.2. The van der Waals surface area contributed by atoms with Gasteiger partial charge in [0, 0.05) is 33.2 Å². The molecule has 4 nitrogen and oxygen atoms in total.